The zero-order valence-corrected chi connectivity index (χ0v) is 19.4. The number of aromatic hydroxyl groups is 1. The summed E-state index contributed by atoms with van der Waals surface area (Å²) in [7, 11) is 1.67. The molecule has 0 bridgehead atoms. The van der Waals surface area contributed by atoms with Crippen LogP contribution in [-0.2, 0) is 4.74 Å². The molecule has 1 unspecified atom stereocenters. The van der Waals surface area contributed by atoms with Gasteiger partial charge in [0.2, 0.25) is 0 Å². The molecule has 0 fully saturated rings. The minimum absolute atomic E-state index is 0.0725. The first-order chi connectivity index (χ1) is 15.3. The Morgan fingerprint density at radius 1 is 1.19 bits per heavy atom. The molecular weight excluding hydrogens is 402 g/mol. The first-order valence-corrected chi connectivity index (χ1v) is 11.1. The van der Waals surface area contributed by atoms with Crippen molar-refractivity contribution in [2.45, 2.75) is 46.1 Å². The predicted molar refractivity (Wildman–Crippen MR) is 125 cm³/mol. The molecule has 2 aromatic carbocycles. The lowest BCUT2D eigenvalue weighted by molar-refractivity contribution is 0.0723. The smallest absolute Gasteiger partial charge is 0.273 e. The number of carbonyl (C=O) groups is 1. The molecule has 0 spiro atoms. The number of phenols is 1. The number of ether oxygens (including phenoxy) is 1. The normalized spacial score (nSPS) is 15.6. The van der Waals surface area contributed by atoms with Crippen LogP contribution in [-0.4, -0.2) is 46.4 Å². The second-order valence-corrected chi connectivity index (χ2v) is 8.91. The maximum Gasteiger partial charge on any atom is 0.273 e. The lowest BCUT2D eigenvalue weighted by atomic mass is 9.92. The van der Waals surface area contributed by atoms with Crippen molar-refractivity contribution < 1.29 is 14.6 Å². The standard InChI is InChI=1S/C26H31N3O3/c1-15(2)18-7-9-19(10-8-18)24-21-22(20-14-16(3)13-17(4)25(20)30)27-28-23(21)26(31)29(24)11-6-12-32-5/h7-10,13-15,24,30H,6,11-12H2,1-5H3,(H,27,28). The molecule has 0 aliphatic carbocycles. The largest absolute Gasteiger partial charge is 0.507 e. The van der Waals surface area contributed by atoms with Gasteiger partial charge in [0.15, 0.2) is 0 Å². The average molecular weight is 434 g/mol. The van der Waals surface area contributed by atoms with Gasteiger partial charge in [-0.1, -0.05) is 44.2 Å². The number of hydrogen-bond acceptors (Lipinski definition) is 4. The van der Waals surface area contributed by atoms with E-state index in [2.05, 4.69) is 48.3 Å². The SMILES string of the molecule is COCCCN1C(=O)c2[nH]nc(-c3cc(C)cc(C)c3O)c2C1c1ccc(C(C)C)cc1. The molecule has 32 heavy (non-hydrogen) atoms. The van der Waals surface area contributed by atoms with Crippen LogP contribution in [0.5, 0.6) is 5.75 Å². The summed E-state index contributed by atoms with van der Waals surface area (Å²) in [6, 6.07) is 12.1. The number of benzene rings is 2. The third-order valence-corrected chi connectivity index (χ3v) is 6.23. The van der Waals surface area contributed by atoms with Gasteiger partial charge in [0, 0.05) is 31.4 Å². The van der Waals surface area contributed by atoms with Crippen LogP contribution in [0, 0.1) is 13.8 Å². The molecule has 2 N–H and O–H groups in total. The molecule has 0 radical (unpaired) electrons. The van der Waals surface area contributed by atoms with Gasteiger partial charge in [-0.2, -0.15) is 5.10 Å². The van der Waals surface area contributed by atoms with Crippen molar-refractivity contribution in [3.8, 4) is 17.0 Å². The zero-order valence-electron chi connectivity index (χ0n) is 19.4. The van der Waals surface area contributed by atoms with Crippen molar-refractivity contribution in [2.24, 2.45) is 0 Å². The number of methoxy groups -OCH3 is 1. The van der Waals surface area contributed by atoms with Crippen molar-refractivity contribution in [1.29, 1.82) is 0 Å². The van der Waals surface area contributed by atoms with E-state index in [0.717, 1.165) is 28.7 Å². The van der Waals surface area contributed by atoms with Gasteiger partial charge in [0.05, 0.1) is 6.04 Å². The Labute approximate surface area is 189 Å². The summed E-state index contributed by atoms with van der Waals surface area (Å²) >= 11 is 0. The van der Waals surface area contributed by atoms with Crippen LogP contribution < -0.4 is 0 Å². The van der Waals surface area contributed by atoms with Crippen LogP contribution in [0.4, 0.5) is 0 Å². The summed E-state index contributed by atoms with van der Waals surface area (Å²) in [4.78, 5) is 15.2. The van der Waals surface area contributed by atoms with Crippen LogP contribution in [0.25, 0.3) is 11.3 Å². The number of amides is 1. The van der Waals surface area contributed by atoms with E-state index in [9.17, 15) is 9.90 Å². The van der Waals surface area contributed by atoms with E-state index in [1.807, 2.05) is 30.9 Å². The highest BCUT2D eigenvalue weighted by molar-refractivity contribution is 6.00. The molecule has 6 heteroatoms. The monoisotopic (exact) mass is 433 g/mol. The van der Waals surface area contributed by atoms with Crippen molar-refractivity contribution >= 4 is 5.91 Å². The van der Waals surface area contributed by atoms with Crippen molar-refractivity contribution in [3.63, 3.8) is 0 Å². The molecule has 6 nitrogen and oxygen atoms in total. The topological polar surface area (TPSA) is 78.5 Å². The lowest BCUT2D eigenvalue weighted by Crippen LogP contribution is -2.31. The van der Waals surface area contributed by atoms with E-state index in [1.165, 1.54) is 5.56 Å². The summed E-state index contributed by atoms with van der Waals surface area (Å²) in [5.74, 6) is 0.556. The van der Waals surface area contributed by atoms with Crippen molar-refractivity contribution in [1.82, 2.24) is 15.1 Å². The Hall–Kier alpha value is -3.12. The summed E-state index contributed by atoms with van der Waals surface area (Å²) in [5, 5.41) is 18.3. The first-order valence-electron chi connectivity index (χ1n) is 11.1. The van der Waals surface area contributed by atoms with E-state index in [4.69, 9.17) is 4.74 Å². The Kier molecular flexibility index (Phi) is 6.07. The van der Waals surface area contributed by atoms with Gasteiger partial charge in [0.25, 0.3) is 5.91 Å². The Morgan fingerprint density at radius 2 is 1.91 bits per heavy atom. The van der Waals surface area contributed by atoms with Gasteiger partial charge in [-0.05, 0) is 54.5 Å². The number of nitrogens with one attached hydrogen (secondary N) is 1. The number of phenolic OH excluding ortho intramolecular Hbond substituents is 1. The minimum Gasteiger partial charge on any atom is -0.507 e. The Balaban J connectivity index is 1.85. The van der Waals surface area contributed by atoms with Gasteiger partial charge >= 0.3 is 0 Å². The molecule has 2 heterocycles. The number of nitrogens with zero attached hydrogens (tertiary/aromatic N) is 2. The first kappa shape index (κ1) is 22.1. The number of aromatic amines is 1. The van der Waals surface area contributed by atoms with E-state index >= 15 is 0 Å². The minimum atomic E-state index is -0.274. The molecule has 0 saturated carbocycles. The van der Waals surface area contributed by atoms with Gasteiger partial charge in [-0.25, -0.2) is 0 Å². The molecule has 3 aromatic rings. The van der Waals surface area contributed by atoms with Crippen LogP contribution in [0.15, 0.2) is 36.4 Å². The fourth-order valence-corrected chi connectivity index (χ4v) is 4.56. The summed E-state index contributed by atoms with van der Waals surface area (Å²) in [5.41, 5.74) is 6.70. The third kappa shape index (κ3) is 3.79. The number of H-pyrrole nitrogens is 1. The van der Waals surface area contributed by atoms with Crippen molar-refractivity contribution in [3.05, 3.63) is 69.9 Å². The van der Waals surface area contributed by atoms with Crippen LogP contribution in [0.2, 0.25) is 0 Å². The molecular formula is C26H31N3O3. The van der Waals surface area contributed by atoms with Gasteiger partial charge < -0.3 is 14.7 Å². The van der Waals surface area contributed by atoms with Gasteiger partial charge in [0.1, 0.15) is 17.1 Å². The number of hydrogen-bond donors (Lipinski definition) is 2. The predicted octanol–water partition coefficient (Wildman–Crippen LogP) is 5.10. The highest BCUT2D eigenvalue weighted by Crippen LogP contribution is 2.45. The molecule has 168 valence electrons. The van der Waals surface area contributed by atoms with E-state index < -0.39 is 0 Å². The maximum absolute atomic E-state index is 13.4. The summed E-state index contributed by atoms with van der Waals surface area (Å²) in [6.45, 7) is 9.36. The van der Waals surface area contributed by atoms with Crippen molar-refractivity contribution in [2.75, 3.05) is 20.3 Å². The quantitative estimate of drug-likeness (QED) is 0.508. The maximum atomic E-state index is 13.4. The van der Waals surface area contributed by atoms with E-state index in [0.29, 0.717) is 36.0 Å². The fourth-order valence-electron chi connectivity index (χ4n) is 4.56. The third-order valence-electron chi connectivity index (χ3n) is 6.23. The highest BCUT2D eigenvalue weighted by atomic mass is 16.5. The lowest BCUT2D eigenvalue weighted by Gasteiger charge is -2.27. The molecule has 1 atom stereocenters. The van der Waals surface area contributed by atoms with Gasteiger partial charge in [-0.15, -0.1) is 0 Å². The summed E-state index contributed by atoms with van der Waals surface area (Å²) < 4.78 is 5.22. The van der Waals surface area contributed by atoms with Gasteiger partial charge in [-0.3, -0.25) is 9.89 Å². The molecule has 1 aliphatic rings. The van der Waals surface area contributed by atoms with Crippen LogP contribution >= 0.6 is 0 Å². The number of fused-ring (bicyclic) bond motifs is 1. The van der Waals surface area contributed by atoms with E-state index in [1.54, 1.807) is 7.11 Å². The van der Waals surface area contributed by atoms with E-state index in [-0.39, 0.29) is 17.7 Å². The Bertz CT molecular complexity index is 1130. The molecule has 1 aromatic heterocycles. The second-order valence-electron chi connectivity index (χ2n) is 8.91. The fraction of sp³-hybridized carbons (Fsp3) is 0.385. The number of aromatic nitrogens is 2. The number of carbonyl (C=O) groups excluding carboxylic acids is 1. The number of rotatable bonds is 7. The van der Waals surface area contributed by atoms with Crippen LogP contribution in [0.3, 0.4) is 0 Å². The second kappa shape index (κ2) is 8.79. The average Bonchev–Trinajstić information content (AvgIpc) is 3.30. The highest BCUT2D eigenvalue weighted by Gasteiger charge is 2.42. The Morgan fingerprint density at radius 3 is 2.56 bits per heavy atom. The molecule has 4 rings (SSSR count). The number of aryl methyl sites for hydroxylation is 2. The summed E-state index contributed by atoms with van der Waals surface area (Å²) in [6.07, 6.45) is 0.741. The molecule has 1 amide bonds. The molecule has 1 aliphatic heterocycles. The van der Waals surface area contributed by atoms with Crippen LogP contribution in [0.1, 0.15) is 70.5 Å². The zero-order chi connectivity index (χ0) is 23.0. The molecule has 0 saturated heterocycles.